The van der Waals surface area contributed by atoms with Crippen molar-refractivity contribution in [3.63, 3.8) is 0 Å². The zero-order chi connectivity index (χ0) is 16.1. The van der Waals surface area contributed by atoms with E-state index in [1.54, 1.807) is 18.2 Å². The number of carbonyl (C=O) groups excluding carboxylic acids is 1. The van der Waals surface area contributed by atoms with Gasteiger partial charge in [0.25, 0.3) is 5.91 Å². The van der Waals surface area contributed by atoms with Crippen molar-refractivity contribution in [1.29, 1.82) is 0 Å². The van der Waals surface area contributed by atoms with E-state index in [9.17, 15) is 4.79 Å². The maximum Gasteiger partial charge on any atom is 0.258 e. The van der Waals surface area contributed by atoms with Gasteiger partial charge in [0.05, 0.1) is 18.2 Å². The molecule has 1 aliphatic heterocycles. The standard InChI is InChI=1S/C17H20N2O4/c18-9-16-8-12(10-22-16)17(20)19-13-3-5-14(6-4-13)23-11-15-2-1-7-21-15/h3-6,8,10,15H,1-2,7,9,11,18H2,(H,19,20). The van der Waals surface area contributed by atoms with Crippen molar-refractivity contribution in [1.82, 2.24) is 0 Å². The smallest absolute Gasteiger partial charge is 0.258 e. The number of carbonyl (C=O) groups is 1. The van der Waals surface area contributed by atoms with E-state index in [-0.39, 0.29) is 18.6 Å². The van der Waals surface area contributed by atoms with E-state index < -0.39 is 0 Å². The fourth-order valence-electron chi connectivity index (χ4n) is 2.41. The van der Waals surface area contributed by atoms with Gasteiger partial charge in [0.2, 0.25) is 0 Å². The van der Waals surface area contributed by atoms with Gasteiger partial charge in [-0.15, -0.1) is 0 Å². The Labute approximate surface area is 134 Å². The van der Waals surface area contributed by atoms with Crippen LogP contribution < -0.4 is 15.8 Å². The van der Waals surface area contributed by atoms with Gasteiger partial charge in [0.15, 0.2) is 0 Å². The van der Waals surface area contributed by atoms with Crippen molar-refractivity contribution in [2.75, 3.05) is 18.5 Å². The van der Waals surface area contributed by atoms with E-state index in [0.29, 0.717) is 23.6 Å². The fourth-order valence-corrected chi connectivity index (χ4v) is 2.41. The molecule has 0 spiro atoms. The number of hydrogen-bond donors (Lipinski definition) is 2. The Bertz CT molecular complexity index is 645. The Balaban J connectivity index is 1.53. The van der Waals surface area contributed by atoms with E-state index >= 15 is 0 Å². The highest BCUT2D eigenvalue weighted by Gasteiger charge is 2.16. The fraction of sp³-hybridized carbons (Fsp3) is 0.353. The number of anilines is 1. The van der Waals surface area contributed by atoms with Crippen LogP contribution in [0.5, 0.6) is 5.75 Å². The highest BCUT2D eigenvalue weighted by molar-refractivity contribution is 6.04. The summed E-state index contributed by atoms with van der Waals surface area (Å²) in [5.74, 6) is 1.10. The van der Waals surface area contributed by atoms with Gasteiger partial charge < -0.3 is 24.9 Å². The molecule has 1 aliphatic rings. The van der Waals surface area contributed by atoms with Crippen LogP contribution in [0.4, 0.5) is 5.69 Å². The molecule has 122 valence electrons. The Hall–Kier alpha value is -2.31. The van der Waals surface area contributed by atoms with Crippen molar-refractivity contribution in [2.24, 2.45) is 5.73 Å². The van der Waals surface area contributed by atoms with Crippen LogP contribution in [-0.4, -0.2) is 25.2 Å². The molecule has 1 fully saturated rings. The lowest BCUT2D eigenvalue weighted by Gasteiger charge is -2.12. The average molecular weight is 316 g/mol. The molecule has 0 radical (unpaired) electrons. The Morgan fingerprint density at radius 1 is 1.35 bits per heavy atom. The van der Waals surface area contributed by atoms with Crippen LogP contribution >= 0.6 is 0 Å². The molecule has 3 N–H and O–H groups in total. The first-order valence-corrected chi connectivity index (χ1v) is 7.68. The maximum absolute atomic E-state index is 12.1. The molecule has 1 unspecified atom stereocenters. The lowest BCUT2D eigenvalue weighted by atomic mass is 10.2. The number of benzene rings is 1. The first-order chi connectivity index (χ1) is 11.2. The van der Waals surface area contributed by atoms with Crippen LogP contribution in [0.1, 0.15) is 29.0 Å². The van der Waals surface area contributed by atoms with Crippen molar-refractivity contribution in [3.8, 4) is 5.75 Å². The summed E-state index contributed by atoms with van der Waals surface area (Å²) in [5.41, 5.74) is 6.60. The largest absolute Gasteiger partial charge is 0.491 e. The van der Waals surface area contributed by atoms with Gasteiger partial charge in [0, 0.05) is 12.3 Å². The predicted octanol–water partition coefficient (Wildman–Crippen LogP) is 2.55. The van der Waals surface area contributed by atoms with Crippen molar-refractivity contribution < 1.29 is 18.7 Å². The number of amides is 1. The summed E-state index contributed by atoms with van der Waals surface area (Å²) < 4.78 is 16.4. The Morgan fingerprint density at radius 3 is 2.83 bits per heavy atom. The molecular weight excluding hydrogens is 296 g/mol. The average Bonchev–Trinajstić information content (AvgIpc) is 3.25. The first kappa shape index (κ1) is 15.6. The molecule has 6 heteroatoms. The summed E-state index contributed by atoms with van der Waals surface area (Å²) in [6, 6.07) is 8.88. The lowest BCUT2D eigenvalue weighted by molar-refractivity contribution is 0.0679. The Kier molecular flexibility index (Phi) is 4.95. The van der Waals surface area contributed by atoms with E-state index in [4.69, 9.17) is 19.6 Å². The van der Waals surface area contributed by atoms with Gasteiger partial charge in [-0.25, -0.2) is 0 Å². The molecule has 1 atom stereocenters. The molecule has 1 aromatic heterocycles. The quantitative estimate of drug-likeness (QED) is 0.855. The van der Waals surface area contributed by atoms with Gasteiger partial charge in [-0.05, 0) is 43.2 Å². The number of ether oxygens (including phenoxy) is 2. The number of rotatable bonds is 6. The highest BCUT2D eigenvalue weighted by Crippen LogP contribution is 2.19. The third-order valence-corrected chi connectivity index (χ3v) is 3.69. The maximum atomic E-state index is 12.1. The van der Waals surface area contributed by atoms with E-state index in [1.807, 2.05) is 12.1 Å². The molecule has 2 heterocycles. The lowest BCUT2D eigenvalue weighted by Crippen LogP contribution is -2.16. The number of furan rings is 1. The van der Waals surface area contributed by atoms with Gasteiger partial charge >= 0.3 is 0 Å². The zero-order valence-electron chi connectivity index (χ0n) is 12.8. The van der Waals surface area contributed by atoms with Gasteiger partial charge in [-0.3, -0.25) is 4.79 Å². The van der Waals surface area contributed by atoms with Crippen LogP contribution in [0.3, 0.4) is 0 Å². The summed E-state index contributed by atoms with van der Waals surface area (Å²) in [7, 11) is 0. The molecule has 1 amide bonds. The second-order valence-electron chi connectivity index (χ2n) is 5.43. The highest BCUT2D eigenvalue weighted by atomic mass is 16.5. The minimum atomic E-state index is -0.235. The second kappa shape index (κ2) is 7.30. The third-order valence-electron chi connectivity index (χ3n) is 3.69. The predicted molar refractivity (Wildman–Crippen MR) is 85.5 cm³/mol. The summed E-state index contributed by atoms with van der Waals surface area (Å²) >= 11 is 0. The molecule has 2 aromatic rings. The zero-order valence-corrected chi connectivity index (χ0v) is 12.8. The topological polar surface area (TPSA) is 86.7 Å². The van der Waals surface area contributed by atoms with Gasteiger partial charge in [-0.2, -0.15) is 0 Å². The summed E-state index contributed by atoms with van der Waals surface area (Å²) in [5, 5.41) is 2.80. The minimum Gasteiger partial charge on any atom is -0.491 e. The Morgan fingerprint density at radius 2 is 2.17 bits per heavy atom. The summed E-state index contributed by atoms with van der Waals surface area (Å²) in [6.45, 7) is 1.64. The monoisotopic (exact) mass is 316 g/mol. The molecule has 1 saturated heterocycles. The second-order valence-corrected chi connectivity index (χ2v) is 5.43. The van der Waals surface area contributed by atoms with Crippen molar-refractivity contribution in [3.05, 3.63) is 47.9 Å². The SMILES string of the molecule is NCc1cc(C(=O)Nc2ccc(OCC3CCCO3)cc2)co1. The first-order valence-electron chi connectivity index (χ1n) is 7.68. The van der Waals surface area contributed by atoms with Crippen LogP contribution in [0.2, 0.25) is 0 Å². The van der Waals surface area contributed by atoms with Crippen LogP contribution in [0, 0.1) is 0 Å². The van der Waals surface area contributed by atoms with Crippen LogP contribution in [-0.2, 0) is 11.3 Å². The molecule has 0 saturated carbocycles. The molecule has 3 rings (SSSR count). The number of nitrogens with two attached hydrogens (primary N) is 1. The number of nitrogens with one attached hydrogen (secondary N) is 1. The normalized spacial score (nSPS) is 17.2. The summed E-state index contributed by atoms with van der Waals surface area (Å²) in [6.07, 6.45) is 3.73. The molecule has 1 aromatic carbocycles. The van der Waals surface area contributed by atoms with Gasteiger partial charge in [-0.1, -0.05) is 0 Å². The minimum absolute atomic E-state index is 0.187. The van der Waals surface area contributed by atoms with Crippen molar-refractivity contribution >= 4 is 11.6 Å². The summed E-state index contributed by atoms with van der Waals surface area (Å²) in [4.78, 5) is 12.1. The van der Waals surface area contributed by atoms with Crippen molar-refractivity contribution in [2.45, 2.75) is 25.5 Å². The van der Waals surface area contributed by atoms with Crippen LogP contribution in [0.25, 0.3) is 0 Å². The molecule has 23 heavy (non-hydrogen) atoms. The number of hydrogen-bond acceptors (Lipinski definition) is 5. The molecule has 0 bridgehead atoms. The third kappa shape index (κ3) is 4.12. The van der Waals surface area contributed by atoms with Gasteiger partial charge in [0.1, 0.15) is 24.4 Å². The van der Waals surface area contributed by atoms with E-state index in [1.165, 1.54) is 6.26 Å². The molecule has 6 nitrogen and oxygen atoms in total. The molecular formula is C17H20N2O4. The molecule has 0 aliphatic carbocycles. The van der Waals surface area contributed by atoms with E-state index in [0.717, 1.165) is 25.2 Å². The van der Waals surface area contributed by atoms with Crippen LogP contribution in [0.15, 0.2) is 41.0 Å². The van der Waals surface area contributed by atoms with E-state index in [2.05, 4.69) is 5.32 Å².